The molecule has 0 saturated carbocycles. The molecule has 3 saturated heterocycles. The van der Waals surface area contributed by atoms with Crippen LogP contribution in [0.4, 0.5) is 0 Å². The van der Waals surface area contributed by atoms with Crippen LogP contribution in [0.5, 0.6) is 0 Å². The molecule has 0 aromatic heterocycles. The lowest BCUT2D eigenvalue weighted by Gasteiger charge is -2.39. The number of likely N-dealkylation sites (tertiary alicyclic amines) is 1. The van der Waals surface area contributed by atoms with Crippen molar-refractivity contribution in [1.29, 1.82) is 0 Å². The van der Waals surface area contributed by atoms with E-state index in [2.05, 4.69) is 20.1 Å². The molecule has 1 aromatic rings. The van der Waals surface area contributed by atoms with Gasteiger partial charge in [0.05, 0.1) is 35.8 Å². The number of rotatable bonds is 16. The average Bonchev–Trinajstić information content (AvgIpc) is 3.61. The molecule has 0 aliphatic carbocycles. The highest BCUT2D eigenvalue weighted by atomic mass is 32.2. The minimum atomic E-state index is -0.749. The monoisotopic (exact) mass is 568 g/mol. The van der Waals surface area contributed by atoms with E-state index in [1.807, 2.05) is 35.2 Å². The fourth-order valence-corrected chi connectivity index (χ4v) is 9.03. The summed E-state index contributed by atoms with van der Waals surface area (Å²) in [6.45, 7) is 10.7. The summed E-state index contributed by atoms with van der Waals surface area (Å²) in [5.74, 6) is -1.87. The molecule has 1 aromatic carbocycles. The molecule has 7 nitrogen and oxygen atoms in total. The molecule has 8 heteroatoms. The molecule has 218 valence electrons. The van der Waals surface area contributed by atoms with Crippen LogP contribution < -0.4 is 0 Å². The molecule has 2 amide bonds. The highest BCUT2D eigenvalue weighted by Crippen LogP contribution is 2.67. The van der Waals surface area contributed by atoms with Gasteiger partial charge < -0.3 is 19.6 Å². The fraction of sp³-hybridized carbons (Fsp3) is 0.594. The molecule has 40 heavy (non-hydrogen) atoms. The molecule has 3 aliphatic heterocycles. The van der Waals surface area contributed by atoms with Gasteiger partial charge in [0.15, 0.2) is 0 Å². The first-order valence-electron chi connectivity index (χ1n) is 14.7. The van der Waals surface area contributed by atoms with Crippen LogP contribution in [-0.2, 0) is 25.5 Å². The van der Waals surface area contributed by atoms with E-state index in [0.29, 0.717) is 32.4 Å². The van der Waals surface area contributed by atoms with Gasteiger partial charge in [0.25, 0.3) is 0 Å². The van der Waals surface area contributed by atoms with Gasteiger partial charge in [0, 0.05) is 18.3 Å². The summed E-state index contributed by atoms with van der Waals surface area (Å²) < 4.78 is 4.96. The van der Waals surface area contributed by atoms with Crippen LogP contribution in [0, 0.1) is 11.8 Å². The zero-order valence-corrected chi connectivity index (χ0v) is 24.5. The topological polar surface area (TPSA) is 87.1 Å². The molecule has 6 atom stereocenters. The first kappa shape index (κ1) is 30.4. The molecular weight excluding hydrogens is 524 g/mol. The molecule has 3 heterocycles. The quantitative estimate of drug-likeness (QED) is 0.181. The maximum absolute atomic E-state index is 14.5. The molecule has 3 fully saturated rings. The predicted octanol–water partition coefficient (Wildman–Crippen LogP) is 4.40. The van der Waals surface area contributed by atoms with Gasteiger partial charge in [-0.25, -0.2) is 0 Å². The van der Waals surface area contributed by atoms with E-state index in [1.54, 1.807) is 28.8 Å². The number of allylic oxidation sites excluding steroid dienone is 1. The number of fused-ring (bicyclic) bond motifs is 1. The fourth-order valence-electron chi connectivity index (χ4n) is 6.84. The number of thioether (sulfide) groups is 1. The van der Waals surface area contributed by atoms with Crippen molar-refractivity contribution in [2.75, 3.05) is 26.3 Å². The first-order chi connectivity index (χ1) is 19.4. The number of carbonyl (C=O) groups excluding carboxylic acids is 3. The molecule has 3 aliphatic rings. The third-order valence-corrected chi connectivity index (χ3v) is 10.6. The van der Waals surface area contributed by atoms with E-state index < -0.39 is 28.7 Å². The van der Waals surface area contributed by atoms with Gasteiger partial charge >= 0.3 is 5.97 Å². The van der Waals surface area contributed by atoms with E-state index in [4.69, 9.17) is 4.74 Å². The van der Waals surface area contributed by atoms with E-state index in [1.165, 1.54) is 0 Å². The van der Waals surface area contributed by atoms with Crippen molar-refractivity contribution in [3.05, 3.63) is 61.2 Å². The van der Waals surface area contributed by atoms with Crippen molar-refractivity contribution in [2.45, 2.75) is 80.4 Å². The zero-order valence-electron chi connectivity index (χ0n) is 23.7. The van der Waals surface area contributed by atoms with Gasteiger partial charge in [-0.15, -0.1) is 24.9 Å². The van der Waals surface area contributed by atoms with E-state index in [9.17, 15) is 19.5 Å². The summed E-state index contributed by atoms with van der Waals surface area (Å²) in [5.41, 5.74) is 0.983. The van der Waals surface area contributed by atoms with Gasteiger partial charge in [-0.1, -0.05) is 62.2 Å². The maximum Gasteiger partial charge on any atom is 0.310 e. The van der Waals surface area contributed by atoms with Crippen molar-refractivity contribution in [1.82, 2.24) is 9.80 Å². The van der Waals surface area contributed by atoms with Crippen molar-refractivity contribution >= 4 is 29.5 Å². The van der Waals surface area contributed by atoms with Crippen LogP contribution in [0.3, 0.4) is 0 Å². The maximum atomic E-state index is 14.5. The van der Waals surface area contributed by atoms with Gasteiger partial charge in [0.2, 0.25) is 11.8 Å². The number of carbonyl (C=O) groups is 3. The SMILES string of the molecule is C=CCCCOC(=O)[C@@H]1[C@H]2C(=O)N([C@@H](CO)Cc3ccccc3)C(C(=O)N(CC=C)CCCCC)C23CC[C@H]1S3. The highest BCUT2D eigenvalue weighted by molar-refractivity contribution is 8.02. The second-order valence-corrected chi connectivity index (χ2v) is 12.8. The smallest absolute Gasteiger partial charge is 0.310 e. The molecule has 4 rings (SSSR count). The molecule has 2 unspecified atom stereocenters. The van der Waals surface area contributed by atoms with E-state index in [0.717, 1.165) is 37.7 Å². The van der Waals surface area contributed by atoms with Gasteiger partial charge in [0.1, 0.15) is 6.04 Å². The number of hydrogen-bond donors (Lipinski definition) is 1. The van der Waals surface area contributed by atoms with Crippen LogP contribution in [0.1, 0.15) is 57.4 Å². The number of hydrogen-bond acceptors (Lipinski definition) is 6. The largest absolute Gasteiger partial charge is 0.465 e. The van der Waals surface area contributed by atoms with Crippen LogP contribution in [0.2, 0.25) is 0 Å². The molecule has 2 bridgehead atoms. The highest BCUT2D eigenvalue weighted by Gasteiger charge is 2.74. The number of nitrogens with zero attached hydrogens (tertiary/aromatic N) is 2. The second-order valence-electron chi connectivity index (χ2n) is 11.2. The number of esters is 1. The Morgan fingerprint density at radius 2 is 2.00 bits per heavy atom. The molecule has 0 radical (unpaired) electrons. The summed E-state index contributed by atoms with van der Waals surface area (Å²) in [6.07, 6.45) is 9.76. The number of unbranched alkanes of at least 4 members (excludes halogenated alkanes) is 3. The lowest BCUT2D eigenvalue weighted by Crippen LogP contribution is -2.58. The summed E-state index contributed by atoms with van der Waals surface area (Å²) in [7, 11) is 0. The number of benzene rings is 1. The molecular formula is C32H44N2O5S. The van der Waals surface area contributed by atoms with Crippen LogP contribution >= 0.6 is 11.8 Å². The Bertz CT molecular complexity index is 1060. The Morgan fingerprint density at radius 1 is 1.23 bits per heavy atom. The molecule has 1 spiro atoms. The summed E-state index contributed by atoms with van der Waals surface area (Å²) >= 11 is 1.64. The average molecular weight is 569 g/mol. The Balaban J connectivity index is 1.70. The molecule has 1 N–H and O–H groups in total. The van der Waals surface area contributed by atoms with Crippen LogP contribution in [-0.4, -0.2) is 81.1 Å². The summed E-state index contributed by atoms with van der Waals surface area (Å²) in [5, 5.41) is 10.6. The lowest BCUT2D eigenvalue weighted by molar-refractivity contribution is -0.154. The Labute approximate surface area is 243 Å². The van der Waals surface area contributed by atoms with Gasteiger partial charge in [-0.2, -0.15) is 0 Å². The third-order valence-electron chi connectivity index (χ3n) is 8.65. The van der Waals surface area contributed by atoms with Gasteiger partial charge in [-0.3, -0.25) is 14.4 Å². The van der Waals surface area contributed by atoms with Gasteiger partial charge in [-0.05, 0) is 44.1 Å². The number of aliphatic hydroxyl groups is 1. The first-order valence-corrected chi connectivity index (χ1v) is 15.6. The Morgan fingerprint density at radius 3 is 2.67 bits per heavy atom. The Hall–Kier alpha value is -2.58. The van der Waals surface area contributed by atoms with E-state index >= 15 is 0 Å². The normalized spacial score (nSPS) is 27.4. The summed E-state index contributed by atoms with van der Waals surface area (Å²) in [6, 6.07) is 8.41. The van der Waals surface area contributed by atoms with Crippen molar-refractivity contribution in [2.24, 2.45) is 11.8 Å². The van der Waals surface area contributed by atoms with Crippen molar-refractivity contribution in [3.63, 3.8) is 0 Å². The number of ether oxygens (including phenoxy) is 1. The van der Waals surface area contributed by atoms with Crippen LogP contribution in [0.15, 0.2) is 55.6 Å². The third kappa shape index (κ3) is 5.89. The number of amides is 2. The summed E-state index contributed by atoms with van der Waals surface area (Å²) in [4.78, 5) is 45.8. The van der Waals surface area contributed by atoms with Crippen molar-refractivity contribution in [3.8, 4) is 0 Å². The standard InChI is InChI=1S/C32H44N2O5S/c1-4-7-12-19-33(18-6-3)30(37)28-32-17-16-25(40-32)26(31(38)39-20-13-8-5-2)27(32)29(36)34(28)24(22-35)21-23-14-10-9-11-15-23/h5-6,9-11,14-15,24-28,35H,2-4,7-8,12-13,16-22H2,1H3/t24-,25-,26+,27+,28?,32?/m1/s1. The Kier molecular flexibility index (Phi) is 10.5. The second kappa shape index (κ2) is 13.9. The number of aliphatic hydroxyl groups excluding tert-OH is 1. The van der Waals surface area contributed by atoms with E-state index in [-0.39, 0.29) is 36.2 Å². The van der Waals surface area contributed by atoms with Crippen molar-refractivity contribution < 1.29 is 24.2 Å². The predicted molar refractivity (Wildman–Crippen MR) is 159 cm³/mol. The minimum absolute atomic E-state index is 0.0482. The minimum Gasteiger partial charge on any atom is -0.465 e. The zero-order chi connectivity index (χ0) is 28.7. The van der Waals surface area contributed by atoms with Crippen LogP contribution in [0.25, 0.3) is 0 Å². The lowest BCUT2D eigenvalue weighted by atomic mass is 9.71.